The van der Waals surface area contributed by atoms with Gasteiger partial charge in [-0.05, 0) is 42.9 Å². The summed E-state index contributed by atoms with van der Waals surface area (Å²) >= 11 is 0. The van der Waals surface area contributed by atoms with Gasteiger partial charge in [0.25, 0.3) is 10.0 Å². The molecule has 0 aliphatic heterocycles. The van der Waals surface area contributed by atoms with Crippen molar-refractivity contribution in [3.8, 4) is 5.75 Å². The van der Waals surface area contributed by atoms with Gasteiger partial charge in [0.1, 0.15) is 5.75 Å². The van der Waals surface area contributed by atoms with E-state index in [1.807, 2.05) is 6.07 Å². The molecule has 0 fully saturated rings. The predicted molar refractivity (Wildman–Crippen MR) is 83.0 cm³/mol. The summed E-state index contributed by atoms with van der Waals surface area (Å²) in [6.07, 6.45) is 0. The second kappa shape index (κ2) is 6.60. The molecular weight excluding hydrogens is 288 g/mol. The monoisotopic (exact) mass is 306 g/mol. The third-order valence-electron chi connectivity index (χ3n) is 2.97. The third kappa shape index (κ3) is 3.74. The van der Waals surface area contributed by atoms with Gasteiger partial charge in [0, 0.05) is 12.2 Å². The molecular formula is C15H18N2O3S. The first-order chi connectivity index (χ1) is 10.1. The lowest BCUT2D eigenvalue weighted by Gasteiger charge is -2.12. The van der Waals surface area contributed by atoms with Crippen molar-refractivity contribution < 1.29 is 13.2 Å². The fraction of sp³-hybridized carbons (Fsp3) is 0.200. The van der Waals surface area contributed by atoms with Crippen LogP contribution in [0.3, 0.4) is 0 Å². The van der Waals surface area contributed by atoms with Gasteiger partial charge in [-0.2, -0.15) is 0 Å². The van der Waals surface area contributed by atoms with E-state index in [2.05, 4.69) is 10.0 Å². The van der Waals surface area contributed by atoms with Crippen molar-refractivity contribution >= 4 is 15.7 Å². The van der Waals surface area contributed by atoms with Crippen molar-refractivity contribution in [3.63, 3.8) is 0 Å². The van der Waals surface area contributed by atoms with Crippen molar-refractivity contribution in [2.24, 2.45) is 0 Å². The number of hydrogen-bond acceptors (Lipinski definition) is 4. The van der Waals surface area contributed by atoms with Gasteiger partial charge in [-0.1, -0.05) is 18.2 Å². The molecule has 0 heterocycles. The minimum atomic E-state index is -3.62. The van der Waals surface area contributed by atoms with Crippen LogP contribution in [0.5, 0.6) is 5.75 Å². The summed E-state index contributed by atoms with van der Waals surface area (Å²) in [5.41, 5.74) is 1.22. The van der Waals surface area contributed by atoms with E-state index in [-0.39, 0.29) is 4.90 Å². The highest BCUT2D eigenvalue weighted by atomic mass is 32.2. The Morgan fingerprint density at radius 3 is 2.33 bits per heavy atom. The maximum absolute atomic E-state index is 12.5. The number of methoxy groups -OCH3 is 1. The number of benzene rings is 2. The molecule has 0 radical (unpaired) electrons. The molecule has 0 aliphatic rings. The van der Waals surface area contributed by atoms with Gasteiger partial charge in [-0.25, -0.2) is 8.42 Å². The lowest BCUT2D eigenvalue weighted by Crippen LogP contribution is -2.17. The minimum Gasteiger partial charge on any atom is -0.497 e. The van der Waals surface area contributed by atoms with E-state index >= 15 is 0 Å². The van der Waals surface area contributed by atoms with Crippen LogP contribution in [0.2, 0.25) is 0 Å². The second-order valence-corrected chi connectivity index (χ2v) is 6.12. The standard InChI is InChI=1S/C15H18N2O3S/c1-16-11-12-5-3-4-6-15(12)21(18,19)17-13-7-9-14(20-2)10-8-13/h3-10,16-17H,11H2,1-2H3. The van der Waals surface area contributed by atoms with Crippen LogP contribution in [-0.2, 0) is 16.6 Å². The van der Waals surface area contributed by atoms with Gasteiger partial charge in [-0.15, -0.1) is 0 Å². The Morgan fingerprint density at radius 2 is 1.71 bits per heavy atom. The minimum absolute atomic E-state index is 0.273. The maximum atomic E-state index is 12.5. The number of rotatable bonds is 6. The number of anilines is 1. The van der Waals surface area contributed by atoms with E-state index in [1.165, 1.54) is 0 Å². The molecule has 2 N–H and O–H groups in total. The largest absolute Gasteiger partial charge is 0.497 e. The fourth-order valence-electron chi connectivity index (χ4n) is 1.97. The smallest absolute Gasteiger partial charge is 0.262 e. The van der Waals surface area contributed by atoms with Crippen molar-refractivity contribution in [1.29, 1.82) is 0 Å². The van der Waals surface area contributed by atoms with Gasteiger partial charge >= 0.3 is 0 Å². The molecule has 0 aliphatic carbocycles. The summed E-state index contributed by atoms with van der Waals surface area (Å²) in [4.78, 5) is 0.273. The molecule has 2 aromatic rings. The zero-order valence-electron chi connectivity index (χ0n) is 12.0. The molecule has 2 rings (SSSR count). The average Bonchev–Trinajstić information content (AvgIpc) is 2.48. The molecule has 0 bridgehead atoms. The van der Waals surface area contributed by atoms with Gasteiger partial charge in [-0.3, -0.25) is 4.72 Å². The SMILES string of the molecule is CNCc1ccccc1S(=O)(=O)Nc1ccc(OC)cc1. The summed E-state index contributed by atoms with van der Waals surface area (Å²) < 4.78 is 32.6. The molecule has 0 spiro atoms. The summed E-state index contributed by atoms with van der Waals surface area (Å²) in [7, 11) is -0.276. The average molecular weight is 306 g/mol. The highest BCUT2D eigenvalue weighted by molar-refractivity contribution is 7.92. The first-order valence-electron chi connectivity index (χ1n) is 6.46. The van der Waals surface area contributed by atoms with Gasteiger partial charge in [0.2, 0.25) is 0 Å². The molecule has 2 aromatic carbocycles. The molecule has 21 heavy (non-hydrogen) atoms. The lowest BCUT2D eigenvalue weighted by atomic mass is 10.2. The summed E-state index contributed by atoms with van der Waals surface area (Å²) in [6.45, 7) is 0.486. The highest BCUT2D eigenvalue weighted by Gasteiger charge is 2.17. The molecule has 0 amide bonds. The van der Waals surface area contributed by atoms with E-state index in [0.717, 1.165) is 5.56 Å². The van der Waals surface area contributed by atoms with Gasteiger partial charge < -0.3 is 10.1 Å². The molecule has 0 unspecified atom stereocenters. The topological polar surface area (TPSA) is 67.4 Å². The van der Waals surface area contributed by atoms with Crippen LogP contribution in [0.1, 0.15) is 5.56 Å². The Bertz CT molecular complexity index is 697. The van der Waals surface area contributed by atoms with Crippen LogP contribution in [0, 0.1) is 0 Å². The number of hydrogen-bond donors (Lipinski definition) is 2. The molecule has 0 aromatic heterocycles. The van der Waals surface area contributed by atoms with Crippen molar-refractivity contribution in [2.75, 3.05) is 18.9 Å². The van der Waals surface area contributed by atoms with E-state index < -0.39 is 10.0 Å². The number of sulfonamides is 1. The Hall–Kier alpha value is -2.05. The summed E-state index contributed by atoms with van der Waals surface area (Å²) in [6, 6.07) is 13.7. The number of nitrogens with one attached hydrogen (secondary N) is 2. The summed E-state index contributed by atoms with van der Waals surface area (Å²) in [5.74, 6) is 0.675. The van der Waals surface area contributed by atoms with Crippen LogP contribution in [0.4, 0.5) is 5.69 Å². The fourth-order valence-corrected chi connectivity index (χ4v) is 3.27. The van der Waals surface area contributed by atoms with E-state index in [1.54, 1.807) is 56.6 Å². The first-order valence-corrected chi connectivity index (χ1v) is 7.94. The number of ether oxygens (including phenoxy) is 1. The van der Waals surface area contributed by atoms with Crippen molar-refractivity contribution in [2.45, 2.75) is 11.4 Å². The van der Waals surface area contributed by atoms with E-state index in [0.29, 0.717) is 18.0 Å². The first kappa shape index (κ1) is 15.3. The molecule has 5 nitrogen and oxygen atoms in total. The second-order valence-electron chi connectivity index (χ2n) is 4.47. The zero-order valence-corrected chi connectivity index (χ0v) is 12.8. The Kier molecular flexibility index (Phi) is 4.82. The Labute approximate surface area is 125 Å². The van der Waals surface area contributed by atoms with Crippen molar-refractivity contribution in [1.82, 2.24) is 5.32 Å². The maximum Gasteiger partial charge on any atom is 0.262 e. The lowest BCUT2D eigenvalue weighted by molar-refractivity contribution is 0.415. The highest BCUT2D eigenvalue weighted by Crippen LogP contribution is 2.21. The van der Waals surface area contributed by atoms with Crippen LogP contribution < -0.4 is 14.8 Å². The third-order valence-corrected chi connectivity index (χ3v) is 4.45. The molecule has 0 saturated carbocycles. The van der Waals surface area contributed by atoms with Crippen LogP contribution in [0.25, 0.3) is 0 Å². The van der Waals surface area contributed by atoms with E-state index in [4.69, 9.17) is 4.74 Å². The molecule has 0 atom stereocenters. The molecule has 0 saturated heterocycles. The van der Waals surface area contributed by atoms with Gasteiger partial charge in [0.05, 0.1) is 12.0 Å². The molecule has 6 heteroatoms. The molecule has 112 valence electrons. The quantitative estimate of drug-likeness (QED) is 0.858. The van der Waals surface area contributed by atoms with Crippen LogP contribution in [0.15, 0.2) is 53.4 Å². The van der Waals surface area contributed by atoms with Gasteiger partial charge in [0.15, 0.2) is 0 Å². The Balaban J connectivity index is 2.29. The van der Waals surface area contributed by atoms with Crippen molar-refractivity contribution in [3.05, 3.63) is 54.1 Å². The predicted octanol–water partition coefficient (Wildman–Crippen LogP) is 2.22. The van der Waals surface area contributed by atoms with E-state index in [9.17, 15) is 8.42 Å². The zero-order chi connectivity index (χ0) is 15.3. The van der Waals surface area contributed by atoms with Crippen LogP contribution in [-0.4, -0.2) is 22.6 Å². The Morgan fingerprint density at radius 1 is 1.05 bits per heavy atom. The van der Waals surface area contributed by atoms with Crippen LogP contribution >= 0.6 is 0 Å². The summed E-state index contributed by atoms with van der Waals surface area (Å²) in [5, 5.41) is 2.97. The normalized spacial score (nSPS) is 11.1.